The lowest BCUT2D eigenvalue weighted by atomic mass is 10.3. The van der Waals surface area contributed by atoms with Crippen LogP contribution in [0.5, 0.6) is 0 Å². The topological polar surface area (TPSA) is 63.6 Å². The molecule has 0 saturated heterocycles. The van der Waals surface area contributed by atoms with Crippen LogP contribution >= 0.6 is 0 Å². The molecule has 96 valence electrons. The summed E-state index contributed by atoms with van der Waals surface area (Å²) in [6, 6.07) is 0. The summed E-state index contributed by atoms with van der Waals surface area (Å²) in [7, 11) is -6.25. The van der Waals surface area contributed by atoms with Crippen LogP contribution in [0.2, 0.25) is 0 Å². The lowest BCUT2D eigenvalue weighted by Gasteiger charge is -2.25. The summed E-state index contributed by atoms with van der Waals surface area (Å²) in [5.74, 6) is 0. The van der Waals surface area contributed by atoms with E-state index in [1.54, 1.807) is 0 Å². The monoisotopic (exact) mass is 266 g/mol. The minimum atomic E-state index is -6.25. The van der Waals surface area contributed by atoms with E-state index in [1.165, 1.54) is 13.0 Å². The molecular weight excluding hydrogens is 256 g/mol. The number of hydrogen-bond donors (Lipinski definition) is 1. The molecule has 0 aliphatic heterocycles. The van der Waals surface area contributed by atoms with E-state index in [4.69, 9.17) is 4.55 Å². The van der Waals surface area contributed by atoms with Crippen LogP contribution in [0.15, 0.2) is 12.2 Å². The maximum absolute atomic E-state index is 12.7. The quantitative estimate of drug-likeness (QED) is 0.470. The van der Waals surface area contributed by atoms with E-state index in [9.17, 15) is 26.0 Å². The second kappa shape index (κ2) is 4.68. The van der Waals surface area contributed by atoms with Crippen LogP contribution in [-0.2, 0) is 14.9 Å². The standard InChI is InChI=1S/C7H10F4O4S/c1-3-4-5(2)15-6(8,9)7(10,11)16(12,13)14/h3-5H,1-2H3,(H,12,13,14). The Morgan fingerprint density at radius 3 is 2.06 bits per heavy atom. The molecule has 0 saturated carbocycles. The van der Waals surface area contributed by atoms with Gasteiger partial charge in [0.05, 0.1) is 6.10 Å². The third-order valence-corrected chi connectivity index (χ3v) is 2.35. The number of halogens is 4. The summed E-state index contributed by atoms with van der Waals surface area (Å²) in [5, 5.41) is -5.70. The van der Waals surface area contributed by atoms with Gasteiger partial charge in [-0.05, 0) is 13.8 Å². The lowest BCUT2D eigenvalue weighted by Crippen LogP contribution is -2.49. The van der Waals surface area contributed by atoms with Gasteiger partial charge in [0.25, 0.3) is 0 Å². The number of hydrogen-bond acceptors (Lipinski definition) is 3. The van der Waals surface area contributed by atoms with Crippen LogP contribution < -0.4 is 0 Å². The summed E-state index contributed by atoms with van der Waals surface area (Å²) in [6.45, 7) is 2.44. The van der Waals surface area contributed by atoms with E-state index >= 15 is 0 Å². The molecule has 1 N–H and O–H groups in total. The Hall–Kier alpha value is -0.670. The van der Waals surface area contributed by atoms with Crippen molar-refractivity contribution in [3.8, 4) is 0 Å². The molecule has 0 amide bonds. The van der Waals surface area contributed by atoms with Crippen molar-refractivity contribution in [2.75, 3.05) is 0 Å². The fourth-order valence-corrected chi connectivity index (χ4v) is 1.11. The highest BCUT2D eigenvalue weighted by Gasteiger charge is 2.67. The molecule has 0 bridgehead atoms. The molecule has 1 unspecified atom stereocenters. The summed E-state index contributed by atoms with van der Waals surface area (Å²) < 4.78 is 82.3. The molecule has 1 atom stereocenters. The SMILES string of the molecule is CC=CC(C)OC(F)(F)C(F)(F)S(=O)(=O)O. The number of alkyl halides is 4. The predicted molar refractivity (Wildman–Crippen MR) is 46.8 cm³/mol. The Kier molecular flexibility index (Phi) is 4.48. The number of ether oxygens (including phenoxy) is 1. The minimum absolute atomic E-state index is 1.01. The zero-order valence-corrected chi connectivity index (χ0v) is 9.14. The van der Waals surface area contributed by atoms with Crippen molar-refractivity contribution >= 4 is 10.1 Å². The van der Waals surface area contributed by atoms with E-state index in [0.717, 1.165) is 13.0 Å². The normalized spacial score (nSPS) is 16.7. The van der Waals surface area contributed by atoms with Crippen molar-refractivity contribution in [1.82, 2.24) is 0 Å². The van der Waals surface area contributed by atoms with Gasteiger partial charge in [0.15, 0.2) is 0 Å². The Morgan fingerprint density at radius 2 is 1.75 bits per heavy atom. The van der Waals surface area contributed by atoms with Gasteiger partial charge in [0.2, 0.25) is 0 Å². The molecule has 0 fully saturated rings. The van der Waals surface area contributed by atoms with Gasteiger partial charge in [0, 0.05) is 0 Å². The van der Waals surface area contributed by atoms with Crippen molar-refractivity contribution < 1.29 is 35.3 Å². The first kappa shape index (κ1) is 15.3. The second-order valence-corrected chi connectivity index (χ2v) is 4.32. The van der Waals surface area contributed by atoms with Gasteiger partial charge in [-0.1, -0.05) is 12.2 Å². The maximum Gasteiger partial charge on any atom is 0.459 e. The van der Waals surface area contributed by atoms with Gasteiger partial charge in [-0.15, -0.1) is 0 Å². The van der Waals surface area contributed by atoms with E-state index in [2.05, 4.69) is 4.74 Å². The van der Waals surface area contributed by atoms with Gasteiger partial charge < -0.3 is 4.74 Å². The molecule has 16 heavy (non-hydrogen) atoms. The van der Waals surface area contributed by atoms with Crippen LogP contribution in [0.25, 0.3) is 0 Å². The van der Waals surface area contributed by atoms with E-state index in [-0.39, 0.29) is 0 Å². The van der Waals surface area contributed by atoms with Gasteiger partial charge in [-0.3, -0.25) is 4.55 Å². The number of allylic oxidation sites excluding steroid dienone is 1. The molecule has 0 heterocycles. The molecule has 0 rings (SSSR count). The van der Waals surface area contributed by atoms with Crippen molar-refractivity contribution in [3.63, 3.8) is 0 Å². The maximum atomic E-state index is 12.7. The molecule has 0 spiro atoms. The van der Waals surface area contributed by atoms with Crippen LogP contribution in [0.1, 0.15) is 13.8 Å². The molecule has 0 aromatic rings. The van der Waals surface area contributed by atoms with Crippen LogP contribution in [0, 0.1) is 0 Å². The minimum Gasteiger partial charge on any atom is -0.307 e. The van der Waals surface area contributed by atoms with E-state index < -0.39 is 27.6 Å². The smallest absolute Gasteiger partial charge is 0.307 e. The van der Waals surface area contributed by atoms with Crippen LogP contribution in [0.3, 0.4) is 0 Å². The fraction of sp³-hybridized carbons (Fsp3) is 0.714. The Bertz CT molecular complexity index is 363. The highest BCUT2D eigenvalue weighted by molar-refractivity contribution is 7.86. The largest absolute Gasteiger partial charge is 0.459 e. The zero-order chi connectivity index (χ0) is 13.2. The molecule has 0 radical (unpaired) electrons. The van der Waals surface area contributed by atoms with Crippen molar-refractivity contribution in [1.29, 1.82) is 0 Å². The summed E-state index contributed by atoms with van der Waals surface area (Å²) >= 11 is 0. The van der Waals surface area contributed by atoms with Crippen molar-refractivity contribution in [2.45, 2.75) is 31.3 Å². The van der Waals surface area contributed by atoms with Crippen LogP contribution in [-0.4, -0.2) is 30.4 Å². The molecule has 9 heteroatoms. The van der Waals surface area contributed by atoms with Gasteiger partial charge >= 0.3 is 21.5 Å². The third-order valence-electron chi connectivity index (χ3n) is 1.46. The molecule has 0 aliphatic rings. The highest BCUT2D eigenvalue weighted by atomic mass is 32.2. The molecular formula is C7H10F4O4S. The van der Waals surface area contributed by atoms with Gasteiger partial charge in [0.1, 0.15) is 0 Å². The van der Waals surface area contributed by atoms with E-state index in [0.29, 0.717) is 0 Å². The first-order valence-electron chi connectivity index (χ1n) is 3.99. The average Bonchev–Trinajstić information content (AvgIpc) is 2.00. The highest BCUT2D eigenvalue weighted by Crippen LogP contribution is 2.39. The van der Waals surface area contributed by atoms with Gasteiger partial charge in [-0.2, -0.15) is 26.0 Å². The summed E-state index contributed by atoms with van der Waals surface area (Å²) in [4.78, 5) is 0. The zero-order valence-electron chi connectivity index (χ0n) is 8.32. The lowest BCUT2D eigenvalue weighted by molar-refractivity contribution is -0.326. The van der Waals surface area contributed by atoms with Crippen LogP contribution in [0.4, 0.5) is 17.6 Å². The molecule has 0 aromatic carbocycles. The fourth-order valence-electron chi connectivity index (χ4n) is 0.763. The molecule has 0 aromatic heterocycles. The summed E-state index contributed by atoms with van der Waals surface area (Å²) in [5.41, 5.74) is 0. The predicted octanol–water partition coefficient (Wildman–Crippen LogP) is 2.04. The Balaban J connectivity index is 5.06. The Labute approximate surface area is 89.6 Å². The number of rotatable bonds is 5. The Morgan fingerprint density at radius 1 is 1.31 bits per heavy atom. The van der Waals surface area contributed by atoms with E-state index in [1.807, 2.05) is 0 Å². The van der Waals surface area contributed by atoms with Crippen molar-refractivity contribution in [3.05, 3.63) is 12.2 Å². The first-order chi connectivity index (χ1) is 6.95. The van der Waals surface area contributed by atoms with Gasteiger partial charge in [-0.25, -0.2) is 0 Å². The second-order valence-electron chi connectivity index (χ2n) is 2.86. The average molecular weight is 266 g/mol. The molecule has 0 aliphatic carbocycles. The summed E-state index contributed by atoms with van der Waals surface area (Å²) in [6.07, 6.45) is -4.49. The molecule has 4 nitrogen and oxygen atoms in total. The first-order valence-corrected chi connectivity index (χ1v) is 5.43. The van der Waals surface area contributed by atoms with Crippen molar-refractivity contribution in [2.24, 2.45) is 0 Å². The third kappa shape index (κ3) is 3.16.